The van der Waals surface area contributed by atoms with E-state index in [1.54, 1.807) is 18.3 Å². The second kappa shape index (κ2) is 5.61. The number of hydrogen-bond acceptors (Lipinski definition) is 3. The van der Waals surface area contributed by atoms with E-state index in [1.807, 2.05) is 12.1 Å². The van der Waals surface area contributed by atoms with Gasteiger partial charge in [0, 0.05) is 10.9 Å². The minimum atomic E-state index is -0.249. The van der Waals surface area contributed by atoms with E-state index >= 15 is 0 Å². The summed E-state index contributed by atoms with van der Waals surface area (Å²) in [6.45, 7) is 6.80. The molecular weight excluding hydrogens is 259 g/mol. The number of hydrogen-bond donors (Lipinski definition) is 1. The Labute approximate surface area is 117 Å². The zero-order valence-electron chi connectivity index (χ0n) is 11.5. The van der Waals surface area contributed by atoms with Crippen molar-refractivity contribution in [2.24, 2.45) is 0 Å². The van der Waals surface area contributed by atoms with Crippen LogP contribution in [-0.4, -0.2) is 6.04 Å². The molecule has 0 radical (unpaired) electrons. The molecule has 0 aliphatic carbocycles. The molecule has 2 N–H and O–H groups in total. The first-order chi connectivity index (χ1) is 8.99. The standard InChI is InChI=1S/C15H19FN2S/c1-10(2)18(9-12-5-4-6-19-12)15-7-11(3)13(16)8-14(15)17/h4-8,10H,9,17H2,1-3H3. The highest BCUT2D eigenvalue weighted by atomic mass is 32.1. The quantitative estimate of drug-likeness (QED) is 0.850. The minimum absolute atomic E-state index is 0.249. The highest BCUT2D eigenvalue weighted by Gasteiger charge is 2.16. The Hall–Kier alpha value is -1.55. The molecule has 0 aliphatic rings. The summed E-state index contributed by atoms with van der Waals surface area (Å²) in [4.78, 5) is 3.48. The Morgan fingerprint density at radius 1 is 1.37 bits per heavy atom. The van der Waals surface area contributed by atoms with Gasteiger partial charge >= 0.3 is 0 Å². The first kappa shape index (κ1) is 13.9. The fourth-order valence-electron chi connectivity index (χ4n) is 2.05. The van der Waals surface area contributed by atoms with Gasteiger partial charge in [-0.1, -0.05) is 6.07 Å². The molecule has 0 fully saturated rings. The molecule has 0 unspecified atom stereocenters. The summed E-state index contributed by atoms with van der Waals surface area (Å²) in [5, 5.41) is 2.06. The Kier molecular flexibility index (Phi) is 4.10. The predicted octanol–water partition coefficient (Wildman–Crippen LogP) is 4.19. The maximum Gasteiger partial charge on any atom is 0.128 e. The first-order valence-corrected chi connectivity index (χ1v) is 7.21. The fraction of sp³-hybridized carbons (Fsp3) is 0.333. The lowest BCUT2D eigenvalue weighted by Gasteiger charge is -2.30. The molecule has 0 aliphatic heterocycles. The molecule has 4 heteroatoms. The zero-order chi connectivity index (χ0) is 14.0. The van der Waals surface area contributed by atoms with Crippen molar-refractivity contribution in [2.75, 3.05) is 10.6 Å². The molecule has 2 nitrogen and oxygen atoms in total. The fourth-order valence-corrected chi connectivity index (χ4v) is 2.75. The van der Waals surface area contributed by atoms with E-state index in [-0.39, 0.29) is 5.82 Å². The van der Waals surface area contributed by atoms with Crippen LogP contribution in [0.1, 0.15) is 24.3 Å². The van der Waals surface area contributed by atoms with Gasteiger partial charge < -0.3 is 10.6 Å². The SMILES string of the molecule is Cc1cc(N(Cc2cccs2)C(C)C)c(N)cc1F. The number of nitrogens with zero attached hydrogens (tertiary/aromatic N) is 1. The van der Waals surface area contributed by atoms with Gasteiger partial charge in [0.1, 0.15) is 5.82 Å². The molecule has 0 spiro atoms. The van der Waals surface area contributed by atoms with E-state index in [2.05, 4.69) is 30.2 Å². The summed E-state index contributed by atoms with van der Waals surface area (Å²) in [6, 6.07) is 7.69. The van der Waals surface area contributed by atoms with Crippen LogP contribution in [0.3, 0.4) is 0 Å². The van der Waals surface area contributed by atoms with Crippen LogP contribution in [0.15, 0.2) is 29.6 Å². The third-order valence-electron chi connectivity index (χ3n) is 3.15. The van der Waals surface area contributed by atoms with Crippen molar-refractivity contribution in [3.63, 3.8) is 0 Å². The maximum absolute atomic E-state index is 13.5. The Balaban J connectivity index is 2.36. The van der Waals surface area contributed by atoms with Gasteiger partial charge in [-0.25, -0.2) is 4.39 Å². The van der Waals surface area contributed by atoms with Crippen molar-refractivity contribution < 1.29 is 4.39 Å². The lowest BCUT2D eigenvalue weighted by atomic mass is 10.1. The van der Waals surface area contributed by atoms with E-state index in [9.17, 15) is 4.39 Å². The van der Waals surface area contributed by atoms with Crippen LogP contribution >= 0.6 is 11.3 Å². The van der Waals surface area contributed by atoms with Gasteiger partial charge in [-0.05, 0) is 49.9 Å². The highest BCUT2D eigenvalue weighted by molar-refractivity contribution is 7.09. The monoisotopic (exact) mass is 278 g/mol. The van der Waals surface area contributed by atoms with E-state index < -0.39 is 0 Å². The normalized spacial score (nSPS) is 11.0. The highest BCUT2D eigenvalue weighted by Crippen LogP contribution is 2.30. The first-order valence-electron chi connectivity index (χ1n) is 6.33. The van der Waals surface area contributed by atoms with Gasteiger partial charge in [0.25, 0.3) is 0 Å². The van der Waals surface area contributed by atoms with Gasteiger partial charge in [-0.2, -0.15) is 0 Å². The summed E-state index contributed by atoms with van der Waals surface area (Å²) in [5.41, 5.74) is 8.00. The van der Waals surface area contributed by atoms with Crippen LogP contribution in [-0.2, 0) is 6.54 Å². The number of halogens is 1. The van der Waals surface area contributed by atoms with Crippen LogP contribution < -0.4 is 10.6 Å². The molecule has 0 saturated carbocycles. The number of nitrogen functional groups attached to an aromatic ring is 1. The van der Waals surface area contributed by atoms with Crippen LogP contribution in [0.5, 0.6) is 0 Å². The molecule has 0 bridgehead atoms. The number of anilines is 2. The van der Waals surface area contributed by atoms with Gasteiger partial charge in [0.05, 0.1) is 17.9 Å². The number of thiophene rings is 1. The molecular formula is C15H19FN2S. The van der Waals surface area contributed by atoms with Crippen LogP contribution in [0, 0.1) is 12.7 Å². The van der Waals surface area contributed by atoms with Gasteiger partial charge in [0.2, 0.25) is 0 Å². The largest absolute Gasteiger partial charge is 0.397 e. The van der Waals surface area contributed by atoms with Crippen molar-refractivity contribution in [2.45, 2.75) is 33.4 Å². The Morgan fingerprint density at radius 3 is 2.68 bits per heavy atom. The number of benzene rings is 1. The van der Waals surface area contributed by atoms with E-state index in [0.29, 0.717) is 17.3 Å². The van der Waals surface area contributed by atoms with Crippen molar-refractivity contribution in [1.29, 1.82) is 0 Å². The molecule has 19 heavy (non-hydrogen) atoms. The van der Waals surface area contributed by atoms with Crippen molar-refractivity contribution in [1.82, 2.24) is 0 Å². The second-order valence-corrected chi connectivity index (χ2v) is 5.99. The predicted molar refractivity (Wildman–Crippen MR) is 81.2 cm³/mol. The third kappa shape index (κ3) is 3.07. The second-order valence-electron chi connectivity index (χ2n) is 4.96. The third-order valence-corrected chi connectivity index (χ3v) is 4.01. The molecule has 0 amide bonds. The smallest absolute Gasteiger partial charge is 0.128 e. The minimum Gasteiger partial charge on any atom is -0.397 e. The number of aryl methyl sites for hydroxylation is 1. The molecule has 2 aromatic rings. The zero-order valence-corrected chi connectivity index (χ0v) is 12.3. The van der Waals surface area contributed by atoms with Gasteiger partial charge in [-0.15, -0.1) is 11.3 Å². The van der Waals surface area contributed by atoms with E-state index in [1.165, 1.54) is 10.9 Å². The van der Waals surface area contributed by atoms with E-state index in [4.69, 9.17) is 5.73 Å². The Bertz CT molecular complexity index is 550. The van der Waals surface area contributed by atoms with Crippen LogP contribution in [0.2, 0.25) is 0 Å². The number of rotatable bonds is 4. The number of nitrogens with two attached hydrogens (primary N) is 1. The lowest BCUT2D eigenvalue weighted by Crippen LogP contribution is -2.30. The topological polar surface area (TPSA) is 29.3 Å². The summed E-state index contributed by atoms with van der Waals surface area (Å²) in [7, 11) is 0. The van der Waals surface area contributed by atoms with Crippen molar-refractivity contribution in [3.8, 4) is 0 Å². The average Bonchev–Trinajstić information content (AvgIpc) is 2.84. The summed E-state index contributed by atoms with van der Waals surface area (Å²) < 4.78 is 13.5. The van der Waals surface area contributed by atoms with Gasteiger partial charge in [0.15, 0.2) is 0 Å². The van der Waals surface area contributed by atoms with Crippen molar-refractivity contribution in [3.05, 3.63) is 45.9 Å². The molecule has 102 valence electrons. The van der Waals surface area contributed by atoms with Crippen molar-refractivity contribution >= 4 is 22.7 Å². The molecule has 0 saturated heterocycles. The van der Waals surface area contributed by atoms with E-state index in [0.717, 1.165) is 12.2 Å². The molecule has 1 heterocycles. The molecule has 1 aromatic carbocycles. The summed E-state index contributed by atoms with van der Waals surface area (Å²) in [6.07, 6.45) is 0. The summed E-state index contributed by atoms with van der Waals surface area (Å²) in [5.74, 6) is -0.249. The molecule has 0 atom stereocenters. The molecule has 2 rings (SSSR count). The molecule has 1 aromatic heterocycles. The average molecular weight is 278 g/mol. The maximum atomic E-state index is 13.5. The summed E-state index contributed by atoms with van der Waals surface area (Å²) >= 11 is 1.72. The lowest BCUT2D eigenvalue weighted by molar-refractivity contribution is 0.617. The van der Waals surface area contributed by atoms with Gasteiger partial charge in [-0.3, -0.25) is 0 Å². The van der Waals surface area contributed by atoms with Crippen LogP contribution in [0.25, 0.3) is 0 Å². The Morgan fingerprint density at radius 2 is 2.11 bits per heavy atom. The van der Waals surface area contributed by atoms with Crippen LogP contribution in [0.4, 0.5) is 15.8 Å².